The summed E-state index contributed by atoms with van der Waals surface area (Å²) >= 11 is 0. The number of carbonyl (C=O) groups excluding carboxylic acids is 1. The normalized spacial score (nSPS) is 11.0. The highest BCUT2D eigenvalue weighted by Crippen LogP contribution is 2.14. The number of benzene rings is 2. The highest BCUT2D eigenvalue weighted by Gasteiger charge is 2.14. The zero-order valence-electron chi connectivity index (χ0n) is 15.8. The molecule has 0 aliphatic rings. The second kappa shape index (κ2) is 7.82. The molecule has 0 radical (unpaired) electrons. The third-order valence-electron chi connectivity index (χ3n) is 4.48. The van der Waals surface area contributed by atoms with E-state index in [-0.39, 0.29) is 35.8 Å². The number of aryl methyl sites for hydroxylation is 1. The van der Waals surface area contributed by atoms with E-state index in [1.165, 1.54) is 29.2 Å². The SMILES string of the molecule is Cc1ccc(NC(=O)Cn2cnc3c(nnn3Cc3cccc(F)c3)c2=O)cc1F. The molecule has 152 valence electrons. The van der Waals surface area contributed by atoms with Crippen LogP contribution in [0.4, 0.5) is 14.5 Å². The van der Waals surface area contributed by atoms with Crippen molar-refractivity contribution in [3.8, 4) is 0 Å². The Balaban J connectivity index is 1.54. The van der Waals surface area contributed by atoms with Crippen LogP contribution in [-0.4, -0.2) is 30.5 Å². The molecule has 0 aliphatic carbocycles. The van der Waals surface area contributed by atoms with Crippen LogP contribution in [0, 0.1) is 18.6 Å². The maximum Gasteiger partial charge on any atom is 0.283 e. The van der Waals surface area contributed by atoms with Gasteiger partial charge in [0, 0.05) is 5.69 Å². The maximum absolute atomic E-state index is 13.6. The number of carbonyl (C=O) groups is 1. The van der Waals surface area contributed by atoms with Gasteiger partial charge >= 0.3 is 0 Å². The van der Waals surface area contributed by atoms with E-state index >= 15 is 0 Å². The highest BCUT2D eigenvalue weighted by atomic mass is 19.1. The number of nitrogens with zero attached hydrogens (tertiary/aromatic N) is 5. The predicted molar refractivity (Wildman–Crippen MR) is 105 cm³/mol. The van der Waals surface area contributed by atoms with Crippen molar-refractivity contribution in [2.24, 2.45) is 0 Å². The molecule has 0 aliphatic heterocycles. The van der Waals surface area contributed by atoms with Crippen molar-refractivity contribution < 1.29 is 13.6 Å². The molecule has 0 fully saturated rings. The number of amides is 1. The van der Waals surface area contributed by atoms with Gasteiger partial charge in [-0.3, -0.25) is 14.2 Å². The quantitative estimate of drug-likeness (QED) is 0.545. The molecular formula is C20H16F2N6O2. The number of nitrogens with one attached hydrogen (secondary N) is 1. The molecule has 2 aromatic heterocycles. The lowest BCUT2D eigenvalue weighted by Gasteiger charge is -2.08. The van der Waals surface area contributed by atoms with E-state index in [0.717, 1.165) is 4.57 Å². The Bertz CT molecular complexity index is 1310. The summed E-state index contributed by atoms with van der Waals surface area (Å²) in [6, 6.07) is 10.3. The number of halogens is 2. The molecule has 0 saturated carbocycles. The van der Waals surface area contributed by atoms with Gasteiger partial charge in [0.15, 0.2) is 11.2 Å². The van der Waals surface area contributed by atoms with Crippen LogP contribution >= 0.6 is 0 Å². The lowest BCUT2D eigenvalue weighted by Crippen LogP contribution is -2.28. The topological polar surface area (TPSA) is 94.7 Å². The summed E-state index contributed by atoms with van der Waals surface area (Å²) in [4.78, 5) is 29.1. The van der Waals surface area contributed by atoms with Crippen molar-refractivity contribution in [3.63, 3.8) is 0 Å². The largest absolute Gasteiger partial charge is 0.324 e. The Labute approximate surface area is 168 Å². The van der Waals surface area contributed by atoms with Gasteiger partial charge in [0.05, 0.1) is 6.54 Å². The van der Waals surface area contributed by atoms with Gasteiger partial charge in [0.2, 0.25) is 5.91 Å². The fraction of sp³-hybridized carbons (Fsp3) is 0.150. The van der Waals surface area contributed by atoms with Gasteiger partial charge in [-0.15, -0.1) is 5.10 Å². The summed E-state index contributed by atoms with van der Waals surface area (Å²) in [5.41, 5.74) is 1.05. The molecule has 0 saturated heterocycles. The summed E-state index contributed by atoms with van der Waals surface area (Å²) in [7, 11) is 0. The molecule has 0 atom stereocenters. The lowest BCUT2D eigenvalue weighted by molar-refractivity contribution is -0.116. The standard InChI is InChI=1S/C20H16F2N6O2/c1-12-5-6-15(8-16(12)22)24-17(29)10-27-11-23-19-18(20(27)30)25-26-28(19)9-13-3-2-4-14(21)7-13/h2-8,11H,9-10H2,1H3,(H,24,29). The molecule has 0 unspecified atom stereocenters. The maximum atomic E-state index is 13.6. The van der Waals surface area contributed by atoms with Crippen LogP contribution in [0.2, 0.25) is 0 Å². The first-order chi connectivity index (χ1) is 14.4. The number of fused-ring (bicyclic) bond motifs is 1. The Hall–Kier alpha value is -3.95. The Kier molecular flexibility index (Phi) is 5.05. The van der Waals surface area contributed by atoms with Crippen LogP contribution in [0.15, 0.2) is 53.6 Å². The number of anilines is 1. The summed E-state index contributed by atoms with van der Waals surface area (Å²) in [5, 5.41) is 10.3. The zero-order valence-corrected chi connectivity index (χ0v) is 15.8. The van der Waals surface area contributed by atoms with Crippen molar-refractivity contribution in [1.29, 1.82) is 0 Å². The molecule has 30 heavy (non-hydrogen) atoms. The molecule has 4 rings (SSSR count). The van der Waals surface area contributed by atoms with Crippen LogP contribution in [-0.2, 0) is 17.9 Å². The van der Waals surface area contributed by atoms with Gasteiger partial charge in [0.1, 0.15) is 24.5 Å². The minimum Gasteiger partial charge on any atom is -0.324 e. The van der Waals surface area contributed by atoms with E-state index in [1.807, 2.05) is 0 Å². The minimum absolute atomic E-state index is 0.0110. The Morgan fingerprint density at radius 2 is 2.00 bits per heavy atom. The predicted octanol–water partition coefficient (Wildman–Crippen LogP) is 2.26. The van der Waals surface area contributed by atoms with Crippen LogP contribution in [0.25, 0.3) is 11.2 Å². The van der Waals surface area contributed by atoms with E-state index < -0.39 is 17.3 Å². The van der Waals surface area contributed by atoms with Gasteiger partial charge in [-0.25, -0.2) is 18.4 Å². The minimum atomic E-state index is -0.546. The second-order valence-electron chi connectivity index (χ2n) is 6.74. The van der Waals surface area contributed by atoms with Gasteiger partial charge in [-0.2, -0.15) is 0 Å². The zero-order chi connectivity index (χ0) is 21.3. The number of rotatable bonds is 5. The van der Waals surface area contributed by atoms with Crippen LogP contribution < -0.4 is 10.9 Å². The average Bonchev–Trinajstić information content (AvgIpc) is 3.10. The van der Waals surface area contributed by atoms with Crippen molar-refractivity contribution in [1.82, 2.24) is 24.5 Å². The third-order valence-corrected chi connectivity index (χ3v) is 4.48. The van der Waals surface area contributed by atoms with Crippen LogP contribution in [0.3, 0.4) is 0 Å². The molecule has 1 amide bonds. The molecule has 2 aromatic carbocycles. The van der Waals surface area contributed by atoms with E-state index in [9.17, 15) is 18.4 Å². The van der Waals surface area contributed by atoms with E-state index in [0.29, 0.717) is 11.1 Å². The number of hydrogen-bond donors (Lipinski definition) is 1. The van der Waals surface area contributed by atoms with Crippen molar-refractivity contribution in [3.05, 3.63) is 81.9 Å². The fourth-order valence-electron chi connectivity index (χ4n) is 2.94. The van der Waals surface area contributed by atoms with Gasteiger partial charge in [0.25, 0.3) is 5.56 Å². The van der Waals surface area contributed by atoms with Crippen molar-refractivity contribution in [2.45, 2.75) is 20.0 Å². The van der Waals surface area contributed by atoms with Crippen LogP contribution in [0.5, 0.6) is 0 Å². The molecular weight excluding hydrogens is 394 g/mol. The monoisotopic (exact) mass is 410 g/mol. The summed E-state index contributed by atoms with van der Waals surface area (Å²) in [6.07, 6.45) is 1.21. The Morgan fingerprint density at radius 3 is 2.77 bits per heavy atom. The third kappa shape index (κ3) is 3.93. The molecule has 0 bridgehead atoms. The number of hydrogen-bond acceptors (Lipinski definition) is 5. The van der Waals surface area contributed by atoms with E-state index in [2.05, 4.69) is 20.6 Å². The van der Waals surface area contributed by atoms with Crippen molar-refractivity contribution in [2.75, 3.05) is 5.32 Å². The first-order valence-electron chi connectivity index (χ1n) is 9.00. The molecule has 1 N–H and O–H groups in total. The van der Waals surface area contributed by atoms with E-state index in [4.69, 9.17) is 0 Å². The van der Waals surface area contributed by atoms with E-state index in [1.54, 1.807) is 31.2 Å². The second-order valence-corrected chi connectivity index (χ2v) is 6.74. The highest BCUT2D eigenvalue weighted by molar-refractivity contribution is 5.90. The molecule has 10 heteroatoms. The first kappa shape index (κ1) is 19.4. The molecule has 4 aromatic rings. The number of aromatic nitrogens is 5. The summed E-state index contributed by atoms with van der Waals surface area (Å²) in [5.74, 6) is -1.34. The average molecular weight is 410 g/mol. The summed E-state index contributed by atoms with van der Waals surface area (Å²) in [6.45, 7) is 1.47. The molecule has 2 heterocycles. The van der Waals surface area contributed by atoms with Crippen LogP contribution in [0.1, 0.15) is 11.1 Å². The molecule has 8 nitrogen and oxygen atoms in total. The van der Waals surface area contributed by atoms with Gasteiger partial charge in [-0.1, -0.05) is 23.4 Å². The first-order valence-corrected chi connectivity index (χ1v) is 9.00. The molecule has 0 spiro atoms. The smallest absolute Gasteiger partial charge is 0.283 e. The van der Waals surface area contributed by atoms with Gasteiger partial charge < -0.3 is 5.32 Å². The van der Waals surface area contributed by atoms with Gasteiger partial charge in [-0.05, 0) is 42.3 Å². The fourth-order valence-corrected chi connectivity index (χ4v) is 2.94. The Morgan fingerprint density at radius 1 is 1.17 bits per heavy atom. The van der Waals surface area contributed by atoms with Crippen molar-refractivity contribution >= 4 is 22.8 Å². The lowest BCUT2D eigenvalue weighted by atomic mass is 10.2. The summed E-state index contributed by atoms with van der Waals surface area (Å²) < 4.78 is 29.5.